The Morgan fingerprint density at radius 3 is 1.06 bits per heavy atom. The lowest BCUT2D eigenvalue weighted by Gasteiger charge is -2.18. The van der Waals surface area contributed by atoms with Crippen molar-refractivity contribution in [2.75, 3.05) is 0 Å². The summed E-state index contributed by atoms with van der Waals surface area (Å²) in [7, 11) is 0. The molecule has 13 nitrogen and oxygen atoms in total. The first kappa shape index (κ1) is 83.5. The molecule has 29 aromatic rings. The number of thiophene rings is 5. The van der Waals surface area contributed by atoms with Gasteiger partial charge in [0.1, 0.15) is 11.6 Å². The van der Waals surface area contributed by atoms with Gasteiger partial charge in [-0.1, -0.05) is 224 Å². The van der Waals surface area contributed by atoms with Gasteiger partial charge in [0.25, 0.3) is 0 Å². The van der Waals surface area contributed by atoms with Crippen molar-refractivity contribution in [1.29, 1.82) is 0 Å². The van der Waals surface area contributed by atoms with Crippen LogP contribution < -0.4 is 0 Å². The minimum Gasteiger partial charge on any atom is -0.308 e. The molecular formula is C122H79N13S5. The fourth-order valence-electron chi connectivity index (χ4n) is 20.2. The van der Waals surface area contributed by atoms with E-state index in [1.54, 1.807) is 40.2 Å². The molecule has 0 spiro atoms. The number of para-hydroxylation sites is 5. The summed E-state index contributed by atoms with van der Waals surface area (Å²) >= 11 is 8.97. The Balaban J connectivity index is 0.0000000900. The smallest absolute Gasteiger partial charge is 0.234 e. The fourth-order valence-corrected chi connectivity index (χ4v) is 24.9. The van der Waals surface area contributed by atoms with Gasteiger partial charge in [-0.2, -0.15) is 0 Å². The molecule has 17 aromatic heterocycles. The van der Waals surface area contributed by atoms with Crippen LogP contribution in [-0.4, -0.2) is 62.7 Å². The lowest BCUT2D eigenvalue weighted by atomic mass is 9.93. The maximum absolute atomic E-state index is 4.84. The summed E-state index contributed by atoms with van der Waals surface area (Å²) in [6, 6.07) is 122. The van der Waals surface area contributed by atoms with E-state index < -0.39 is 0 Å². The van der Waals surface area contributed by atoms with Crippen molar-refractivity contribution in [3.05, 3.63) is 465 Å². The van der Waals surface area contributed by atoms with Gasteiger partial charge in [0.15, 0.2) is 0 Å². The highest BCUT2D eigenvalue weighted by atomic mass is 32.1. The molecule has 18 heteroatoms. The summed E-state index contributed by atoms with van der Waals surface area (Å²) < 4.78 is 18.2. The highest BCUT2D eigenvalue weighted by molar-refractivity contribution is 7.19. The van der Waals surface area contributed by atoms with Gasteiger partial charge in [0.05, 0.1) is 84.4 Å². The van der Waals surface area contributed by atoms with Crippen LogP contribution in [-0.2, 0) is 0 Å². The number of fused-ring (bicyclic) bond motifs is 25. The molecule has 0 N–H and O–H groups in total. The zero-order chi connectivity index (χ0) is 92.5. The zero-order valence-corrected chi connectivity index (χ0v) is 79.1. The third-order valence-electron chi connectivity index (χ3n) is 26.7. The Kier molecular flexibility index (Phi) is 21.4. The van der Waals surface area contributed by atoms with Crippen LogP contribution in [0.2, 0.25) is 0 Å². The molecule has 140 heavy (non-hydrogen) atoms. The maximum Gasteiger partial charge on any atom is 0.234 e. The van der Waals surface area contributed by atoms with E-state index in [-0.39, 0.29) is 0 Å². The number of hydrogen-bond donors (Lipinski definition) is 0. The van der Waals surface area contributed by atoms with Crippen molar-refractivity contribution in [2.24, 2.45) is 0 Å². The number of allylic oxidation sites excluding steroid dienone is 4. The lowest BCUT2D eigenvalue weighted by Crippen LogP contribution is -2.03. The van der Waals surface area contributed by atoms with Crippen LogP contribution in [0.15, 0.2) is 459 Å². The SMILES string of the molecule is C1=CC(c2cccnc2)CC=C1n1c2ccccc2c2ccc3ccsc3c21.c1ccc(-c2ccc(-n3c4ccccc4c4ccc5ccsc5c43)cc2)nc1.c1ccc(-c2cnc(-n3c4ccccc4c4ccc5ccsc5c43)nc2)cc1.c1ccc2c(c1)c1ccc3ccsc3c1n2-c1ccc(-c2ccncc2)cn1.c1cncc(-c2ccc(-n3c4ccccc4c4ccc5ccsc5c43)nc2)c1. The molecule has 12 aromatic carbocycles. The van der Waals surface area contributed by atoms with E-state index in [4.69, 9.17) is 19.9 Å². The normalized spacial score (nSPS) is 12.6. The lowest BCUT2D eigenvalue weighted by molar-refractivity contribution is 0.843. The molecule has 17 heterocycles. The summed E-state index contributed by atoms with van der Waals surface area (Å²) in [5.41, 5.74) is 24.6. The van der Waals surface area contributed by atoms with Gasteiger partial charge in [0.2, 0.25) is 5.95 Å². The van der Waals surface area contributed by atoms with Gasteiger partial charge in [-0.15, -0.1) is 56.7 Å². The Bertz CT molecular complexity index is 8870. The summed E-state index contributed by atoms with van der Waals surface area (Å²) in [6.07, 6.45) is 28.6. The summed E-state index contributed by atoms with van der Waals surface area (Å²) in [4.78, 5) is 36.2. The highest BCUT2D eigenvalue weighted by Gasteiger charge is 2.25. The molecule has 1 aliphatic rings. The first-order valence-electron chi connectivity index (χ1n) is 46.4. The molecular weight excluding hydrogens is 1810 g/mol. The van der Waals surface area contributed by atoms with E-state index in [1.165, 1.54) is 171 Å². The molecule has 0 saturated carbocycles. The quantitative estimate of drug-likeness (QED) is 0.132. The van der Waals surface area contributed by atoms with E-state index in [1.807, 2.05) is 145 Å². The molecule has 0 aliphatic heterocycles. The number of aromatic nitrogens is 13. The van der Waals surface area contributed by atoms with E-state index in [0.29, 0.717) is 11.9 Å². The third-order valence-corrected chi connectivity index (χ3v) is 31.4. The number of hydrogen-bond acceptors (Lipinski definition) is 13. The van der Waals surface area contributed by atoms with Crippen molar-refractivity contribution in [1.82, 2.24) is 62.7 Å². The number of rotatable bonds is 10. The second kappa shape index (κ2) is 35.9. The topological polar surface area (TPSA) is 128 Å². The van der Waals surface area contributed by atoms with Crippen LogP contribution in [0.1, 0.15) is 17.9 Å². The van der Waals surface area contributed by atoms with Crippen molar-refractivity contribution in [3.8, 4) is 67.9 Å². The Morgan fingerprint density at radius 2 is 0.621 bits per heavy atom. The Labute approximate surface area is 822 Å². The molecule has 1 aliphatic carbocycles. The molecule has 1 unspecified atom stereocenters. The predicted molar refractivity (Wildman–Crippen MR) is 591 cm³/mol. The zero-order valence-electron chi connectivity index (χ0n) is 75.0. The van der Waals surface area contributed by atoms with Crippen LogP contribution >= 0.6 is 56.7 Å². The Morgan fingerprint density at radius 1 is 0.236 bits per heavy atom. The van der Waals surface area contributed by atoms with E-state index in [0.717, 1.165) is 68.2 Å². The van der Waals surface area contributed by atoms with Crippen molar-refractivity contribution < 1.29 is 0 Å². The largest absolute Gasteiger partial charge is 0.308 e. The van der Waals surface area contributed by atoms with E-state index in [9.17, 15) is 0 Å². The second-order valence-corrected chi connectivity index (χ2v) is 39.2. The van der Waals surface area contributed by atoms with Crippen molar-refractivity contribution >= 4 is 222 Å². The summed E-state index contributed by atoms with van der Waals surface area (Å²) in [5.74, 6) is 2.96. The summed E-state index contributed by atoms with van der Waals surface area (Å²) in [6.45, 7) is 0. The molecule has 0 saturated heterocycles. The van der Waals surface area contributed by atoms with Gasteiger partial charge in [0, 0.05) is 167 Å². The standard InChI is InChI=1S/C25H16N2S.C25H18N2S.3C24H15N3S/c1-2-7-23-20(5-1)21-13-10-18-14-16-28-25(18)24(21)27(23)19-11-8-17(9-12-19)22-6-3-4-15-26-22;1-2-6-23-21(5-1)22-12-9-18-13-15-28-25(18)24(22)27(23)20-10-7-17(8-11-20)19-4-3-14-26-16-19;1-2-6-21-19(5-1)20-9-7-16-11-13-28-24(16)23(20)27(21)22-10-8-18(15-26-22)17-4-3-12-25-14-17;1-2-6-16(7-3-1)18-14-25-24(26-15-18)27-21-9-5-4-8-19(21)20-11-10-17-12-13-28-23(17)22(20)27;1-2-4-21-19(3-1)20-7-5-17-11-14-28-24(17)23(20)27(21)22-8-6-18(15-26-22)16-9-12-25-13-10-16/h1-16H;1-7,9-17H,8H2;3*1-15H. The van der Waals surface area contributed by atoms with Crippen LogP contribution in [0, 0.1) is 0 Å². The van der Waals surface area contributed by atoms with E-state index >= 15 is 0 Å². The molecule has 1 atom stereocenters. The average molecular weight is 1890 g/mol. The van der Waals surface area contributed by atoms with Crippen LogP contribution in [0.25, 0.3) is 233 Å². The van der Waals surface area contributed by atoms with Crippen LogP contribution in [0.4, 0.5) is 0 Å². The van der Waals surface area contributed by atoms with Gasteiger partial charge in [-0.3, -0.25) is 33.6 Å². The molecule has 30 rings (SSSR count). The molecule has 0 fully saturated rings. The highest BCUT2D eigenvalue weighted by Crippen LogP contribution is 2.46. The van der Waals surface area contributed by atoms with Crippen LogP contribution in [0.3, 0.4) is 0 Å². The molecule has 0 radical (unpaired) electrons. The van der Waals surface area contributed by atoms with Gasteiger partial charge >= 0.3 is 0 Å². The van der Waals surface area contributed by atoms with Crippen LogP contribution in [0.5, 0.6) is 0 Å². The molecule has 0 bridgehead atoms. The van der Waals surface area contributed by atoms with Gasteiger partial charge < -0.3 is 9.13 Å². The Hall–Kier alpha value is -17.1. The first-order chi connectivity index (χ1) is 69.5. The van der Waals surface area contributed by atoms with Gasteiger partial charge in [-0.05, 0) is 216 Å². The maximum atomic E-state index is 4.84. The number of pyridine rings is 6. The van der Waals surface area contributed by atoms with Crippen molar-refractivity contribution in [2.45, 2.75) is 12.3 Å². The van der Waals surface area contributed by atoms with Crippen molar-refractivity contribution in [3.63, 3.8) is 0 Å². The third kappa shape index (κ3) is 14.8. The first-order valence-corrected chi connectivity index (χ1v) is 50.8. The minimum absolute atomic E-state index is 0.396. The molecule has 662 valence electrons. The second-order valence-electron chi connectivity index (χ2n) is 34.6. The minimum atomic E-state index is 0.396. The molecule has 0 amide bonds. The van der Waals surface area contributed by atoms with Gasteiger partial charge in [-0.25, -0.2) is 19.9 Å². The number of nitrogens with zero attached hydrogens (tertiary/aromatic N) is 13. The fraction of sp³-hybridized carbons (Fsp3) is 0.0164. The van der Waals surface area contributed by atoms with E-state index in [2.05, 4.69) is 373 Å². The predicted octanol–water partition coefficient (Wildman–Crippen LogP) is 33.4. The summed E-state index contributed by atoms with van der Waals surface area (Å²) in [5, 5.41) is 30.0. The number of benzene rings is 12. The average Bonchev–Trinajstić information content (AvgIpc) is 1.60. The monoisotopic (exact) mass is 1890 g/mol.